The van der Waals surface area contributed by atoms with Gasteiger partial charge < -0.3 is 29.8 Å². The number of hydrogen-bond donors (Lipinski definition) is 4. The quantitative estimate of drug-likeness (QED) is 0.0839. The van der Waals surface area contributed by atoms with E-state index in [9.17, 15) is 19.8 Å². The highest BCUT2D eigenvalue weighted by atomic mass is 28.4. The number of carboxylic acid groups (broad SMARTS) is 1. The Morgan fingerprint density at radius 1 is 1.03 bits per heavy atom. The molecule has 60 heavy (non-hydrogen) atoms. The van der Waals surface area contributed by atoms with Crippen LogP contribution in [0.5, 0.6) is 5.75 Å². The van der Waals surface area contributed by atoms with Gasteiger partial charge in [0.1, 0.15) is 11.3 Å². The maximum absolute atomic E-state index is 13.0. The Labute approximate surface area is 351 Å². The van der Waals surface area contributed by atoms with Crippen LogP contribution in [-0.2, 0) is 17.5 Å². The van der Waals surface area contributed by atoms with Crippen molar-refractivity contribution in [2.45, 2.75) is 77.0 Å². The lowest BCUT2D eigenvalue weighted by atomic mass is 9.82. The Morgan fingerprint density at radius 2 is 1.82 bits per heavy atom. The molecular formula is C47H55N7O5Si. The number of aromatic amines is 1. The van der Waals surface area contributed by atoms with Gasteiger partial charge in [-0.2, -0.15) is 0 Å². The van der Waals surface area contributed by atoms with E-state index in [1.165, 1.54) is 6.07 Å². The smallest absolute Gasteiger partial charge is 0.412 e. The summed E-state index contributed by atoms with van der Waals surface area (Å²) in [6.45, 7) is 15.5. The molecule has 3 fully saturated rings. The molecule has 5 heterocycles. The van der Waals surface area contributed by atoms with Crippen molar-refractivity contribution in [3.05, 3.63) is 124 Å². The Kier molecular flexibility index (Phi) is 11.5. The molecule has 9 rings (SSSR count). The van der Waals surface area contributed by atoms with Crippen LogP contribution in [-0.4, -0.2) is 81.7 Å². The number of piperidine rings is 3. The number of allylic oxidation sites excluding steroid dienone is 1. The van der Waals surface area contributed by atoms with E-state index in [-0.39, 0.29) is 28.5 Å². The van der Waals surface area contributed by atoms with Gasteiger partial charge in [-0.25, -0.2) is 9.48 Å². The van der Waals surface area contributed by atoms with Gasteiger partial charge in [0.25, 0.3) is 0 Å². The molecule has 3 aliphatic heterocycles. The second-order valence-corrected chi connectivity index (χ2v) is 22.5. The van der Waals surface area contributed by atoms with Crippen molar-refractivity contribution in [1.82, 2.24) is 30.2 Å². The molecule has 6 aromatic rings. The average molecular weight is 826 g/mol. The second kappa shape index (κ2) is 16.8. The molecule has 0 saturated carbocycles. The fraction of sp³-hybridized carbons (Fsp3) is 0.362. The molecule has 0 aliphatic carbocycles. The zero-order valence-electron chi connectivity index (χ0n) is 35.1. The van der Waals surface area contributed by atoms with Crippen molar-refractivity contribution < 1.29 is 19.4 Å². The number of nitrogens with one attached hydrogen (secondary N) is 2. The van der Waals surface area contributed by atoms with Crippen molar-refractivity contribution >= 4 is 48.1 Å². The zero-order valence-corrected chi connectivity index (χ0v) is 36.1. The molecule has 1 amide bonds. The van der Waals surface area contributed by atoms with Crippen LogP contribution >= 0.6 is 0 Å². The van der Waals surface area contributed by atoms with Gasteiger partial charge in [0.05, 0.1) is 35.4 Å². The van der Waals surface area contributed by atoms with E-state index in [0.29, 0.717) is 36.8 Å². The molecule has 1 unspecified atom stereocenters. The highest BCUT2D eigenvalue weighted by Crippen LogP contribution is 2.42. The van der Waals surface area contributed by atoms with Crippen molar-refractivity contribution in [2.75, 3.05) is 31.1 Å². The Hall–Kier alpha value is -5.60. The molecule has 0 spiro atoms. The molecular weight excluding hydrogens is 771 g/mol. The normalized spacial score (nSPS) is 18.7. The van der Waals surface area contributed by atoms with E-state index in [2.05, 4.69) is 65.4 Å². The summed E-state index contributed by atoms with van der Waals surface area (Å²) in [5, 5.41) is 34.5. The number of pyridine rings is 1. The summed E-state index contributed by atoms with van der Waals surface area (Å²) in [4.78, 5) is 32.0. The Bertz CT molecular complexity index is 2590. The van der Waals surface area contributed by atoms with Gasteiger partial charge in [0.2, 0.25) is 5.56 Å². The maximum atomic E-state index is 13.0. The number of H-pyrrole nitrogens is 1. The summed E-state index contributed by atoms with van der Waals surface area (Å²) in [5.41, 5.74) is 7.31. The first-order valence-electron chi connectivity index (χ1n) is 20.9. The number of aromatic nitrogens is 4. The van der Waals surface area contributed by atoms with Crippen molar-refractivity contribution in [2.24, 2.45) is 5.92 Å². The predicted molar refractivity (Wildman–Crippen MR) is 241 cm³/mol. The van der Waals surface area contributed by atoms with E-state index < -0.39 is 14.4 Å². The number of fused-ring (bicyclic) bond motifs is 5. The van der Waals surface area contributed by atoms with E-state index in [1.54, 1.807) is 17.0 Å². The third kappa shape index (κ3) is 8.53. The van der Waals surface area contributed by atoms with Crippen LogP contribution in [0.15, 0.2) is 102 Å². The molecule has 4 N–H and O–H groups in total. The number of amides is 1. The lowest BCUT2D eigenvalue weighted by molar-refractivity contribution is 0.0838. The number of carbonyl (C=O) groups is 1. The van der Waals surface area contributed by atoms with E-state index in [0.717, 1.165) is 76.7 Å². The summed E-state index contributed by atoms with van der Waals surface area (Å²) in [5.74, 6) is 0.375. The molecule has 0 radical (unpaired) electrons. The second-order valence-electron chi connectivity index (χ2n) is 17.8. The molecule has 3 aliphatic rings. The fourth-order valence-corrected chi connectivity index (χ4v) is 9.82. The summed E-state index contributed by atoms with van der Waals surface area (Å²) in [6, 6.07) is 28.9. The minimum atomic E-state index is -2.23. The van der Waals surface area contributed by atoms with Gasteiger partial charge in [0.15, 0.2) is 8.32 Å². The Morgan fingerprint density at radius 3 is 2.53 bits per heavy atom. The van der Waals surface area contributed by atoms with E-state index in [4.69, 9.17) is 4.43 Å². The van der Waals surface area contributed by atoms with Gasteiger partial charge in [-0.15, -0.1) is 5.10 Å². The molecule has 12 nitrogen and oxygen atoms in total. The van der Waals surface area contributed by atoms with Gasteiger partial charge in [-0.3, -0.25) is 9.69 Å². The van der Waals surface area contributed by atoms with Crippen LogP contribution < -0.4 is 15.8 Å². The summed E-state index contributed by atoms with van der Waals surface area (Å²) < 4.78 is 8.84. The summed E-state index contributed by atoms with van der Waals surface area (Å²) in [6.07, 6.45) is 4.87. The number of phenols is 1. The van der Waals surface area contributed by atoms with Crippen molar-refractivity contribution in [3.63, 3.8) is 0 Å². The third-order valence-corrected chi connectivity index (χ3v) is 17.3. The molecule has 312 valence electrons. The van der Waals surface area contributed by atoms with Crippen LogP contribution in [0, 0.1) is 5.92 Å². The van der Waals surface area contributed by atoms with Crippen LogP contribution in [0.3, 0.4) is 0 Å². The number of rotatable bonds is 13. The number of nitrogens with zero attached hydrogens (tertiary/aromatic N) is 5. The maximum Gasteiger partial charge on any atom is 0.412 e. The summed E-state index contributed by atoms with van der Waals surface area (Å²) in [7, 11) is -2.23. The van der Waals surface area contributed by atoms with Crippen LogP contribution in [0.2, 0.25) is 18.1 Å². The number of anilines is 1. The monoisotopic (exact) mass is 825 g/mol. The first-order valence-corrected chi connectivity index (χ1v) is 23.8. The van der Waals surface area contributed by atoms with Gasteiger partial charge >= 0.3 is 6.09 Å². The fourth-order valence-electron chi connectivity index (χ4n) is 8.55. The number of benzene rings is 4. The Balaban J connectivity index is 0.984. The molecule has 2 aromatic heterocycles. The highest BCUT2D eigenvalue weighted by molar-refractivity contribution is 6.74. The van der Waals surface area contributed by atoms with Crippen molar-refractivity contribution in [1.29, 1.82) is 0 Å². The predicted octanol–water partition coefficient (Wildman–Crippen LogP) is 8.79. The minimum absolute atomic E-state index is 0.0240. The number of aromatic hydroxyl groups is 1. The number of hydrogen-bond acceptors (Lipinski definition) is 8. The standard InChI is InChI=1S/C47H55N7O5Si/c1-47(2,3)60(4,5)59-43(36-16-19-42(55)45-37(36)17-20-44(56)49-45)29-48-28-32-14-18-39-38(26-32)50-51-53(39)23-9-10-31-13-15-35(33-11-7-6-8-12-33)40(27-31)54(46(57)58)41-30-52-24-21-34(41)22-25-52/h6-20,26-27,34,41,43,48,55H,21-25,28-30H2,1-5H3,(H,49,56)(H,57,58)/t41?,43-/m0/s1. The largest absolute Gasteiger partial charge is 0.506 e. The zero-order chi connectivity index (χ0) is 42.2. The highest BCUT2D eigenvalue weighted by Gasteiger charge is 2.41. The topological polar surface area (TPSA) is 149 Å². The molecule has 13 heteroatoms. The third-order valence-electron chi connectivity index (χ3n) is 12.8. The minimum Gasteiger partial charge on any atom is -0.506 e. The number of phenolic OH excluding ortho intramolecular Hbond substituents is 1. The molecule has 3 saturated heterocycles. The van der Waals surface area contributed by atoms with Crippen LogP contribution in [0.25, 0.3) is 39.1 Å². The van der Waals surface area contributed by atoms with Crippen molar-refractivity contribution in [3.8, 4) is 16.9 Å². The molecule has 2 atom stereocenters. The molecule has 2 bridgehead atoms. The lowest BCUT2D eigenvalue weighted by Gasteiger charge is -2.48. The van der Waals surface area contributed by atoms with Crippen LogP contribution in [0.4, 0.5) is 10.5 Å². The van der Waals surface area contributed by atoms with Gasteiger partial charge in [0, 0.05) is 36.7 Å². The van der Waals surface area contributed by atoms with Crippen LogP contribution in [0.1, 0.15) is 56.4 Å². The summed E-state index contributed by atoms with van der Waals surface area (Å²) >= 11 is 0. The lowest BCUT2D eigenvalue weighted by Crippen LogP contribution is -2.59. The SMILES string of the molecule is CC(C)(C)[Si](C)(C)O[C@@H](CNCc1ccc2c(c1)nnn2CC=Cc1ccc(-c2ccccc2)c(N(C(=O)O)C2CN3CCC2CC3)c1)c1ccc(O)c2[nH]c(=O)ccc12. The van der Waals surface area contributed by atoms with Gasteiger partial charge in [-0.05, 0) is 103 Å². The van der Waals surface area contributed by atoms with Gasteiger partial charge in [-0.1, -0.05) is 92.7 Å². The van der Waals surface area contributed by atoms with E-state index in [1.807, 2.05) is 83.6 Å². The first kappa shape index (κ1) is 41.1. The molecule has 4 aromatic carbocycles. The van der Waals surface area contributed by atoms with E-state index >= 15 is 0 Å². The first-order chi connectivity index (χ1) is 28.8. The average Bonchev–Trinajstić information content (AvgIpc) is 3.63.